The van der Waals surface area contributed by atoms with Crippen molar-refractivity contribution in [1.29, 1.82) is 0 Å². The maximum Gasteiger partial charge on any atom is 0.462 e. The van der Waals surface area contributed by atoms with Crippen molar-refractivity contribution in [3.63, 3.8) is 0 Å². The summed E-state index contributed by atoms with van der Waals surface area (Å²) in [4.78, 5) is 23.0. The van der Waals surface area contributed by atoms with Gasteiger partial charge in [0.05, 0.1) is 12.2 Å². The van der Waals surface area contributed by atoms with Crippen molar-refractivity contribution in [3.8, 4) is 0 Å². The van der Waals surface area contributed by atoms with Gasteiger partial charge in [-0.25, -0.2) is 9.59 Å². The molecule has 4 unspecified atom stereocenters. The molecule has 4 atom stereocenters. The molecule has 30 heteroatoms. The Morgan fingerprint density at radius 3 is 0.880 bits per heavy atom. The van der Waals surface area contributed by atoms with Gasteiger partial charge in [0.15, 0.2) is 6.29 Å². The Morgan fingerprint density at radius 2 is 0.680 bits per heavy atom. The third kappa shape index (κ3) is 10.2. The van der Waals surface area contributed by atoms with Crippen LogP contribution < -0.4 is 0 Å². The first kappa shape index (κ1) is 47.2. The van der Waals surface area contributed by atoms with Crippen LogP contribution in [-0.4, -0.2) is 104 Å². The van der Waals surface area contributed by atoms with E-state index < -0.39 is 104 Å². The summed E-state index contributed by atoms with van der Waals surface area (Å²) in [5.41, 5.74) is 0. The molecule has 0 aromatic rings. The van der Waals surface area contributed by atoms with Gasteiger partial charge in [0, 0.05) is 0 Å². The second-order valence-electron chi connectivity index (χ2n) is 9.23. The molecule has 0 bridgehead atoms. The number of halogens is 22. The van der Waals surface area contributed by atoms with Gasteiger partial charge in [-0.3, -0.25) is 9.47 Å². The van der Waals surface area contributed by atoms with E-state index in [-0.39, 0.29) is 0 Å². The van der Waals surface area contributed by atoms with Crippen molar-refractivity contribution in [2.45, 2.75) is 99.7 Å². The summed E-state index contributed by atoms with van der Waals surface area (Å²) >= 11 is 0. The summed E-state index contributed by atoms with van der Waals surface area (Å²) in [6, 6.07) is 0. The SMILES string of the molecule is CC(COC(=O)C(F)(OC(F)(F)C(F)(F)C(F)(F)F)C(F)(F)F)OC(C)OC(C)COC(=O)C(F)(OC(F)(F)C(F)(F)C(F)(F)F)C(F)(F)F. The highest BCUT2D eigenvalue weighted by atomic mass is 19.4. The average molecular weight is 802 g/mol. The van der Waals surface area contributed by atoms with Gasteiger partial charge in [0.25, 0.3) is 0 Å². The molecule has 0 saturated carbocycles. The number of carbonyl (C=O) groups excluding carboxylic acids is 2. The Balaban J connectivity index is 5.54. The van der Waals surface area contributed by atoms with Crippen LogP contribution in [0, 0.1) is 0 Å². The summed E-state index contributed by atoms with van der Waals surface area (Å²) in [5, 5.41) is 0. The van der Waals surface area contributed by atoms with Gasteiger partial charge in [0.2, 0.25) is 0 Å². The second-order valence-corrected chi connectivity index (χ2v) is 9.23. The molecule has 50 heavy (non-hydrogen) atoms. The number of ether oxygens (including phenoxy) is 6. The monoisotopic (exact) mass is 802 g/mol. The number of alkyl halides is 22. The first-order chi connectivity index (χ1) is 21.6. The first-order valence-corrected chi connectivity index (χ1v) is 11.9. The fraction of sp³-hybridized carbons (Fsp3) is 0.900. The smallest absolute Gasteiger partial charge is 0.458 e. The molecule has 8 nitrogen and oxygen atoms in total. The van der Waals surface area contributed by atoms with Crippen LogP contribution in [0.1, 0.15) is 20.8 Å². The van der Waals surface area contributed by atoms with Crippen LogP contribution >= 0.6 is 0 Å². The molecule has 0 spiro atoms. The lowest BCUT2D eigenvalue weighted by Crippen LogP contribution is -2.62. The van der Waals surface area contributed by atoms with E-state index in [2.05, 4.69) is 18.9 Å². The molecular weight excluding hydrogens is 786 g/mol. The third-order valence-electron chi connectivity index (χ3n) is 4.98. The molecule has 0 N–H and O–H groups in total. The Bertz CT molecular complexity index is 1080. The van der Waals surface area contributed by atoms with Gasteiger partial charge in [-0.2, -0.15) is 96.6 Å². The molecule has 0 heterocycles. The predicted molar refractivity (Wildman–Crippen MR) is 106 cm³/mol. The summed E-state index contributed by atoms with van der Waals surface area (Å²) in [6.45, 7) is -1.59. The maximum atomic E-state index is 14.2. The van der Waals surface area contributed by atoms with Crippen molar-refractivity contribution >= 4 is 11.9 Å². The van der Waals surface area contributed by atoms with Crippen LogP contribution in [-0.2, 0) is 38.0 Å². The van der Waals surface area contributed by atoms with Gasteiger partial charge < -0.3 is 18.9 Å². The first-order valence-electron chi connectivity index (χ1n) is 11.9. The normalized spacial score (nSPS) is 18.8. The zero-order valence-electron chi connectivity index (χ0n) is 23.7. The Kier molecular flexibility index (Phi) is 13.9. The van der Waals surface area contributed by atoms with E-state index in [1.807, 2.05) is 9.47 Å². The average Bonchev–Trinajstić information content (AvgIpc) is 2.86. The van der Waals surface area contributed by atoms with Gasteiger partial charge in [-0.1, -0.05) is 0 Å². The Labute approximate surface area is 260 Å². The molecule has 298 valence electrons. The van der Waals surface area contributed by atoms with E-state index in [0.29, 0.717) is 20.8 Å². The lowest BCUT2D eigenvalue weighted by atomic mass is 10.2. The lowest BCUT2D eigenvalue weighted by molar-refractivity contribution is -0.475. The van der Waals surface area contributed by atoms with E-state index in [0.717, 1.165) is 0 Å². The van der Waals surface area contributed by atoms with Crippen LogP contribution in [0.4, 0.5) is 96.6 Å². The van der Waals surface area contributed by atoms with E-state index in [9.17, 15) is 106 Å². The highest BCUT2D eigenvalue weighted by molar-refractivity contribution is 5.79. The summed E-state index contributed by atoms with van der Waals surface area (Å²) in [7, 11) is 0. The van der Waals surface area contributed by atoms with Crippen molar-refractivity contribution < 1.29 is 135 Å². The topological polar surface area (TPSA) is 89.5 Å². The molecule has 0 aliphatic heterocycles. The summed E-state index contributed by atoms with van der Waals surface area (Å²) < 4.78 is 304. The number of hydrogen-bond acceptors (Lipinski definition) is 8. The van der Waals surface area contributed by atoms with Crippen LogP contribution in [0.3, 0.4) is 0 Å². The van der Waals surface area contributed by atoms with E-state index in [1.54, 1.807) is 0 Å². The predicted octanol–water partition coefficient (Wildman–Crippen LogP) is 7.30. The standard InChI is InChI=1S/C20H16F22O8/c1-6(4-45-9(43)11(21,15(27,28)29)49-19(39,40)13(23,24)17(33,34)35)47-8(3)48-7(2)5-46-10(44)12(22,16(30,31)32)50-20(41,42)14(25,26)18(36,37)38/h6-8H,4-5H2,1-3H3. The van der Waals surface area contributed by atoms with Crippen molar-refractivity contribution in [3.05, 3.63) is 0 Å². The third-order valence-corrected chi connectivity index (χ3v) is 4.98. The number of hydrogen-bond donors (Lipinski definition) is 0. The van der Waals surface area contributed by atoms with Gasteiger partial charge >= 0.3 is 72.4 Å². The Hall–Kier alpha value is -2.76. The molecule has 0 aromatic carbocycles. The maximum absolute atomic E-state index is 14.2. The minimum Gasteiger partial charge on any atom is -0.458 e. The molecular formula is C20H16F22O8. The van der Waals surface area contributed by atoms with E-state index in [1.165, 1.54) is 0 Å². The summed E-state index contributed by atoms with van der Waals surface area (Å²) in [5.74, 6) is -35.8. The van der Waals surface area contributed by atoms with Gasteiger partial charge in [-0.05, 0) is 20.8 Å². The molecule has 0 aromatic heterocycles. The molecule has 0 fully saturated rings. The quantitative estimate of drug-likeness (QED) is 0.0914. The van der Waals surface area contributed by atoms with Crippen molar-refractivity contribution in [1.82, 2.24) is 0 Å². The van der Waals surface area contributed by atoms with Crippen LogP contribution in [0.15, 0.2) is 0 Å². The summed E-state index contributed by atoms with van der Waals surface area (Å²) in [6.07, 6.45) is -49.6. The highest BCUT2D eigenvalue weighted by Gasteiger charge is 2.81. The molecule has 0 saturated heterocycles. The molecule has 0 amide bonds. The Morgan fingerprint density at radius 1 is 0.440 bits per heavy atom. The largest absolute Gasteiger partial charge is 0.462 e. The molecule has 0 radical (unpaired) electrons. The lowest BCUT2D eigenvalue weighted by Gasteiger charge is -2.34. The van der Waals surface area contributed by atoms with E-state index >= 15 is 0 Å². The zero-order chi connectivity index (χ0) is 40.5. The molecule has 0 aliphatic rings. The highest BCUT2D eigenvalue weighted by Crippen LogP contribution is 2.52. The van der Waals surface area contributed by atoms with Crippen molar-refractivity contribution in [2.24, 2.45) is 0 Å². The van der Waals surface area contributed by atoms with Crippen molar-refractivity contribution in [2.75, 3.05) is 13.2 Å². The van der Waals surface area contributed by atoms with Gasteiger partial charge in [0.1, 0.15) is 13.2 Å². The zero-order valence-corrected chi connectivity index (χ0v) is 23.7. The van der Waals surface area contributed by atoms with Gasteiger partial charge in [-0.15, -0.1) is 0 Å². The van der Waals surface area contributed by atoms with Crippen LogP contribution in [0.25, 0.3) is 0 Å². The molecule has 0 rings (SSSR count). The number of carbonyl (C=O) groups is 2. The number of esters is 2. The fourth-order valence-corrected chi connectivity index (χ4v) is 2.58. The van der Waals surface area contributed by atoms with E-state index in [4.69, 9.17) is 0 Å². The van der Waals surface area contributed by atoms with Crippen LogP contribution in [0.2, 0.25) is 0 Å². The number of rotatable bonds is 16. The second kappa shape index (κ2) is 14.7. The molecule has 0 aliphatic carbocycles. The minimum absolute atomic E-state index is 0.619. The van der Waals surface area contributed by atoms with Crippen LogP contribution in [0.5, 0.6) is 0 Å². The minimum atomic E-state index is -7.52. The fourth-order valence-electron chi connectivity index (χ4n) is 2.58.